The van der Waals surface area contributed by atoms with Gasteiger partial charge in [-0.15, -0.1) is 0 Å². The van der Waals surface area contributed by atoms with Gasteiger partial charge in [0.25, 0.3) is 0 Å². The molecule has 146 valence electrons. The molecule has 4 unspecified atom stereocenters. The average Bonchev–Trinajstić information content (AvgIpc) is 2.89. The Morgan fingerprint density at radius 3 is 2.62 bits per heavy atom. The maximum absolute atomic E-state index is 10.5. The molecule has 1 aliphatic carbocycles. The van der Waals surface area contributed by atoms with E-state index in [2.05, 4.69) is 31.1 Å². The predicted molar refractivity (Wildman–Crippen MR) is 99.9 cm³/mol. The van der Waals surface area contributed by atoms with Crippen LogP contribution in [-0.2, 0) is 16.6 Å². The molecule has 4 atom stereocenters. The first kappa shape index (κ1) is 19.7. The first-order chi connectivity index (χ1) is 12.4. The highest BCUT2D eigenvalue weighted by Gasteiger charge is 2.43. The largest absolute Gasteiger partial charge is 0.396 e. The number of hydrogen-bond donors (Lipinski definition) is 3. The molecule has 0 bridgehead atoms. The van der Waals surface area contributed by atoms with Gasteiger partial charge in [0.15, 0.2) is 0 Å². The molecule has 2 aliphatic rings. The molecule has 2 heterocycles. The summed E-state index contributed by atoms with van der Waals surface area (Å²) >= 11 is 0. The minimum Gasteiger partial charge on any atom is -0.396 e. The second-order valence-electron chi connectivity index (χ2n) is 8.80. The number of hydrogen-bond acceptors (Lipinski definition) is 6. The standard InChI is InChI=1S/C20H33N3O3/c1-20(2,3)19-21-7-4-14(23-19)10-15-16(12-24)18(25)11-17(15)22-13-5-8-26-9-6-13/h4,7,13,15-18,22,24-25H,5-6,8-12H2,1-3H3. The summed E-state index contributed by atoms with van der Waals surface area (Å²) < 4.78 is 5.45. The molecular weight excluding hydrogens is 330 g/mol. The normalized spacial score (nSPS) is 30.7. The molecule has 1 aliphatic heterocycles. The van der Waals surface area contributed by atoms with Crippen LogP contribution in [0.3, 0.4) is 0 Å². The highest BCUT2D eigenvalue weighted by molar-refractivity contribution is 5.11. The highest BCUT2D eigenvalue weighted by Crippen LogP contribution is 2.35. The lowest BCUT2D eigenvalue weighted by Gasteiger charge is -2.31. The quantitative estimate of drug-likeness (QED) is 0.734. The number of aromatic nitrogens is 2. The maximum Gasteiger partial charge on any atom is 0.133 e. The second kappa shape index (κ2) is 8.30. The highest BCUT2D eigenvalue weighted by atomic mass is 16.5. The molecule has 3 N–H and O–H groups in total. The van der Waals surface area contributed by atoms with Gasteiger partial charge in [-0.2, -0.15) is 0 Å². The maximum atomic E-state index is 10.5. The van der Waals surface area contributed by atoms with Crippen LogP contribution in [0.5, 0.6) is 0 Å². The van der Waals surface area contributed by atoms with Crippen LogP contribution in [0.4, 0.5) is 0 Å². The van der Waals surface area contributed by atoms with E-state index in [4.69, 9.17) is 9.72 Å². The van der Waals surface area contributed by atoms with Crippen LogP contribution < -0.4 is 5.32 Å². The van der Waals surface area contributed by atoms with E-state index in [0.717, 1.165) is 44.0 Å². The number of aliphatic hydroxyl groups excluding tert-OH is 2. The van der Waals surface area contributed by atoms with E-state index >= 15 is 0 Å². The van der Waals surface area contributed by atoms with Crippen LogP contribution in [0.15, 0.2) is 12.3 Å². The van der Waals surface area contributed by atoms with E-state index in [0.29, 0.717) is 12.5 Å². The van der Waals surface area contributed by atoms with E-state index < -0.39 is 6.10 Å². The van der Waals surface area contributed by atoms with Crippen molar-refractivity contribution in [1.29, 1.82) is 0 Å². The van der Waals surface area contributed by atoms with Gasteiger partial charge in [-0.05, 0) is 37.7 Å². The minimum absolute atomic E-state index is 0.00893. The van der Waals surface area contributed by atoms with Gasteiger partial charge < -0.3 is 20.3 Å². The van der Waals surface area contributed by atoms with Crippen molar-refractivity contribution in [3.63, 3.8) is 0 Å². The first-order valence-corrected chi connectivity index (χ1v) is 9.83. The van der Waals surface area contributed by atoms with Crippen LogP contribution in [-0.4, -0.2) is 58.2 Å². The molecule has 0 aromatic carbocycles. The molecule has 0 radical (unpaired) electrons. The molecule has 1 aromatic heterocycles. The van der Waals surface area contributed by atoms with Gasteiger partial charge in [0.2, 0.25) is 0 Å². The van der Waals surface area contributed by atoms with E-state index in [1.807, 2.05) is 12.3 Å². The lowest BCUT2D eigenvalue weighted by Crippen LogP contribution is -2.44. The summed E-state index contributed by atoms with van der Waals surface area (Å²) in [6.07, 6.45) is 4.80. The summed E-state index contributed by atoms with van der Waals surface area (Å²) in [5.74, 6) is 0.893. The van der Waals surface area contributed by atoms with E-state index in [1.54, 1.807) is 0 Å². The Labute approximate surface area is 156 Å². The molecule has 6 heteroatoms. The smallest absolute Gasteiger partial charge is 0.133 e. The number of rotatable bonds is 5. The van der Waals surface area contributed by atoms with Gasteiger partial charge in [0.05, 0.1) is 6.10 Å². The molecule has 1 aromatic rings. The zero-order chi connectivity index (χ0) is 18.7. The first-order valence-electron chi connectivity index (χ1n) is 9.83. The van der Waals surface area contributed by atoms with Gasteiger partial charge in [0, 0.05) is 55.1 Å². The number of nitrogens with zero attached hydrogens (tertiary/aromatic N) is 2. The number of ether oxygens (including phenoxy) is 1. The SMILES string of the molecule is CC(C)(C)c1nccc(CC2C(NC3CCOCC3)CC(O)C2CO)n1. The number of aliphatic hydroxyl groups is 2. The van der Waals surface area contributed by atoms with Crippen LogP contribution in [0.25, 0.3) is 0 Å². The van der Waals surface area contributed by atoms with Crippen LogP contribution >= 0.6 is 0 Å². The summed E-state index contributed by atoms with van der Waals surface area (Å²) in [7, 11) is 0. The van der Waals surface area contributed by atoms with Crippen molar-refractivity contribution in [3.8, 4) is 0 Å². The fraction of sp³-hybridized carbons (Fsp3) is 0.800. The zero-order valence-corrected chi connectivity index (χ0v) is 16.2. The second-order valence-corrected chi connectivity index (χ2v) is 8.80. The monoisotopic (exact) mass is 363 g/mol. The number of nitrogens with one attached hydrogen (secondary N) is 1. The molecule has 0 spiro atoms. The van der Waals surface area contributed by atoms with Crippen molar-refractivity contribution in [1.82, 2.24) is 15.3 Å². The summed E-state index contributed by atoms with van der Waals surface area (Å²) in [6, 6.07) is 2.58. The fourth-order valence-electron chi connectivity index (χ4n) is 4.22. The zero-order valence-electron chi connectivity index (χ0n) is 16.2. The van der Waals surface area contributed by atoms with Gasteiger partial charge in [-0.25, -0.2) is 9.97 Å². The Bertz CT molecular complexity index is 584. The van der Waals surface area contributed by atoms with Gasteiger partial charge in [-0.1, -0.05) is 20.8 Å². The van der Waals surface area contributed by atoms with Crippen molar-refractivity contribution in [2.75, 3.05) is 19.8 Å². The molecule has 3 rings (SSSR count). The molecule has 2 fully saturated rings. The van der Waals surface area contributed by atoms with E-state index in [-0.39, 0.29) is 29.9 Å². The van der Waals surface area contributed by atoms with Crippen molar-refractivity contribution in [2.24, 2.45) is 11.8 Å². The molecule has 26 heavy (non-hydrogen) atoms. The van der Waals surface area contributed by atoms with Crippen molar-refractivity contribution in [3.05, 3.63) is 23.8 Å². The molecule has 0 amide bonds. The lowest BCUT2D eigenvalue weighted by molar-refractivity contribution is 0.0678. The van der Waals surface area contributed by atoms with Crippen molar-refractivity contribution in [2.45, 2.75) is 70.1 Å². The van der Waals surface area contributed by atoms with Crippen molar-refractivity contribution < 1.29 is 14.9 Å². The summed E-state index contributed by atoms with van der Waals surface area (Å²) in [6.45, 7) is 7.92. The average molecular weight is 364 g/mol. The van der Waals surface area contributed by atoms with Crippen LogP contribution in [0.2, 0.25) is 0 Å². The van der Waals surface area contributed by atoms with Gasteiger partial charge in [0.1, 0.15) is 5.82 Å². The summed E-state index contributed by atoms with van der Waals surface area (Å²) in [4.78, 5) is 9.17. The molecule has 1 saturated carbocycles. The van der Waals surface area contributed by atoms with Crippen LogP contribution in [0.1, 0.15) is 51.6 Å². The summed E-state index contributed by atoms with van der Waals surface area (Å²) in [5.41, 5.74) is 0.891. The van der Waals surface area contributed by atoms with Crippen LogP contribution in [0, 0.1) is 11.8 Å². The Kier molecular flexibility index (Phi) is 6.28. The Morgan fingerprint density at radius 1 is 1.23 bits per heavy atom. The Balaban J connectivity index is 1.75. The molecular formula is C20H33N3O3. The third-order valence-electron chi connectivity index (χ3n) is 5.77. The van der Waals surface area contributed by atoms with Gasteiger partial charge in [-0.3, -0.25) is 0 Å². The Morgan fingerprint density at radius 2 is 1.96 bits per heavy atom. The molecule has 6 nitrogen and oxygen atoms in total. The Hall–Kier alpha value is -1.08. The minimum atomic E-state index is -0.466. The summed E-state index contributed by atoms with van der Waals surface area (Å²) in [5, 5.41) is 24.0. The lowest BCUT2D eigenvalue weighted by atomic mass is 9.88. The third kappa shape index (κ3) is 4.60. The van der Waals surface area contributed by atoms with E-state index in [9.17, 15) is 10.2 Å². The predicted octanol–water partition coefficient (Wildman–Crippen LogP) is 1.44. The third-order valence-corrected chi connectivity index (χ3v) is 5.77. The van der Waals surface area contributed by atoms with Crippen molar-refractivity contribution >= 4 is 0 Å². The molecule has 1 saturated heterocycles. The topological polar surface area (TPSA) is 87.5 Å². The van der Waals surface area contributed by atoms with Gasteiger partial charge >= 0.3 is 0 Å². The fourth-order valence-corrected chi connectivity index (χ4v) is 4.22. The van der Waals surface area contributed by atoms with E-state index in [1.165, 1.54) is 0 Å².